The van der Waals surface area contributed by atoms with Crippen LogP contribution in [-0.4, -0.2) is 29.8 Å². The molecule has 0 radical (unpaired) electrons. The van der Waals surface area contributed by atoms with Crippen LogP contribution in [0.15, 0.2) is 35.8 Å². The molecule has 0 aliphatic carbocycles. The number of thiazole rings is 1. The maximum absolute atomic E-state index is 10.4. The van der Waals surface area contributed by atoms with Crippen molar-refractivity contribution in [2.45, 2.75) is 12.8 Å². The molecule has 1 aromatic heterocycles. The van der Waals surface area contributed by atoms with Gasteiger partial charge in [0.2, 0.25) is 0 Å². The molecule has 0 saturated carbocycles. The third kappa shape index (κ3) is 3.96. The number of anilines is 2. The summed E-state index contributed by atoms with van der Waals surface area (Å²) < 4.78 is 0. The van der Waals surface area contributed by atoms with E-state index in [2.05, 4.69) is 22.4 Å². The SMILES string of the molecule is CN(c1cccc(CCCNC(=O)O)c1)c1nccs1. The molecule has 2 rings (SSSR count). The fourth-order valence-corrected chi connectivity index (χ4v) is 2.53. The minimum absolute atomic E-state index is 0.474. The molecule has 0 unspecified atom stereocenters. The van der Waals surface area contributed by atoms with Crippen molar-refractivity contribution in [1.82, 2.24) is 10.3 Å². The summed E-state index contributed by atoms with van der Waals surface area (Å²) >= 11 is 1.60. The molecule has 20 heavy (non-hydrogen) atoms. The standard InChI is InChI=1S/C14H17N3O2S/c1-17(13-15-8-9-20-13)12-6-2-4-11(10-12)5-3-7-16-14(18)19/h2,4,6,8-10,16H,3,5,7H2,1H3,(H,18,19). The Balaban J connectivity index is 1.95. The fourth-order valence-electron chi connectivity index (χ4n) is 1.90. The van der Waals surface area contributed by atoms with Gasteiger partial charge in [-0.05, 0) is 30.5 Å². The molecule has 0 bridgehead atoms. The van der Waals surface area contributed by atoms with Crippen molar-refractivity contribution in [1.29, 1.82) is 0 Å². The quantitative estimate of drug-likeness (QED) is 0.803. The second-order valence-corrected chi connectivity index (χ2v) is 5.25. The van der Waals surface area contributed by atoms with Crippen LogP contribution >= 0.6 is 11.3 Å². The van der Waals surface area contributed by atoms with Gasteiger partial charge in [-0.15, -0.1) is 11.3 Å². The predicted octanol–water partition coefficient (Wildman–Crippen LogP) is 3.11. The summed E-state index contributed by atoms with van der Waals surface area (Å²) in [5.74, 6) is 0. The van der Waals surface area contributed by atoms with E-state index in [1.807, 2.05) is 29.5 Å². The number of carboxylic acid groups (broad SMARTS) is 1. The molecule has 106 valence electrons. The van der Waals surface area contributed by atoms with Crippen LogP contribution in [0.25, 0.3) is 0 Å². The fraction of sp³-hybridized carbons (Fsp3) is 0.286. The van der Waals surface area contributed by atoms with Gasteiger partial charge in [-0.2, -0.15) is 0 Å². The summed E-state index contributed by atoms with van der Waals surface area (Å²) in [5.41, 5.74) is 2.28. The van der Waals surface area contributed by atoms with Crippen LogP contribution in [0.5, 0.6) is 0 Å². The average Bonchev–Trinajstić information content (AvgIpc) is 2.97. The predicted molar refractivity (Wildman–Crippen MR) is 81.0 cm³/mol. The van der Waals surface area contributed by atoms with Gasteiger partial charge in [0, 0.05) is 30.9 Å². The molecule has 0 aliphatic rings. The van der Waals surface area contributed by atoms with Crippen molar-refractivity contribution in [3.63, 3.8) is 0 Å². The lowest BCUT2D eigenvalue weighted by Crippen LogP contribution is -2.22. The highest BCUT2D eigenvalue weighted by Gasteiger charge is 2.06. The number of aromatic nitrogens is 1. The Bertz CT molecular complexity index is 557. The van der Waals surface area contributed by atoms with Crippen LogP contribution < -0.4 is 10.2 Å². The Hall–Kier alpha value is -2.08. The highest BCUT2D eigenvalue weighted by atomic mass is 32.1. The maximum atomic E-state index is 10.4. The van der Waals surface area contributed by atoms with Crippen molar-refractivity contribution in [2.75, 3.05) is 18.5 Å². The molecule has 1 heterocycles. The first-order valence-electron chi connectivity index (χ1n) is 6.36. The number of carbonyl (C=O) groups is 1. The Morgan fingerprint density at radius 1 is 1.50 bits per heavy atom. The Labute approximate surface area is 121 Å². The molecular formula is C14H17N3O2S. The number of aryl methyl sites for hydroxylation is 1. The first-order chi connectivity index (χ1) is 9.66. The Morgan fingerprint density at radius 2 is 2.35 bits per heavy atom. The van der Waals surface area contributed by atoms with E-state index in [-0.39, 0.29) is 0 Å². The normalized spacial score (nSPS) is 10.2. The third-order valence-corrected chi connectivity index (χ3v) is 3.77. The van der Waals surface area contributed by atoms with Gasteiger partial charge in [-0.3, -0.25) is 0 Å². The van der Waals surface area contributed by atoms with Crippen molar-refractivity contribution in [3.8, 4) is 0 Å². The molecule has 1 amide bonds. The van der Waals surface area contributed by atoms with E-state index < -0.39 is 6.09 Å². The molecule has 0 atom stereocenters. The van der Waals surface area contributed by atoms with E-state index in [0.717, 1.165) is 23.7 Å². The second-order valence-electron chi connectivity index (χ2n) is 4.38. The first kappa shape index (κ1) is 14.3. The third-order valence-electron chi connectivity index (χ3n) is 2.92. The summed E-state index contributed by atoms with van der Waals surface area (Å²) in [7, 11) is 1.99. The molecule has 5 nitrogen and oxygen atoms in total. The van der Waals surface area contributed by atoms with Gasteiger partial charge in [0.15, 0.2) is 5.13 Å². The molecule has 6 heteroatoms. The molecule has 1 aromatic carbocycles. The summed E-state index contributed by atoms with van der Waals surface area (Å²) in [5, 5.41) is 13.8. The highest BCUT2D eigenvalue weighted by Crippen LogP contribution is 2.26. The van der Waals surface area contributed by atoms with Gasteiger partial charge in [-0.25, -0.2) is 9.78 Å². The number of hydrogen-bond acceptors (Lipinski definition) is 4. The number of nitrogens with one attached hydrogen (secondary N) is 1. The minimum Gasteiger partial charge on any atom is -0.465 e. The molecule has 0 aliphatic heterocycles. The Morgan fingerprint density at radius 3 is 3.05 bits per heavy atom. The number of amides is 1. The highest BCUT2D eigenvalue weighted by molar-refractivity contribution is 7.13. The number of nitrogens with zero attached hydrogens (tertiary/aromatic N) is 2. The zero-order valence-corrected chi connectivity index (χ0v) is 12.1. The van der Waals surface area contributed by atoms with E-state index in [1.165, 1.54) is 5.56 Å². The smallest absolute Gasteiger partial charge is 0.404 e. The topological polar surface area (TPSA) is 65.5 Å². The number of benzene rings is 1. The summed E-state index contributed by atoms with van der Waals surface area (Å²) in [6, 6.07) is 8.22. The van der Waals surface area contributed by atoms with E-state index in [4.69, 9.17) is 5.11 Å². The number of hydrogen-bond donors (Lipinski definition) is 2. The summed E-state index contributed by atoms with van der Waals surface area (Å²) in [6.07, 6.45) is 2.45. The van der Waals surface area contributed by atoms with Crippen LogP contribution in [0.1, 0.15) is 12.0 Å². The summed E-state index contributed by atoms with van der Waals surface area (Å²) in [6.45, 7) is 0.474. The first-order valence-corrected chi connectivity index (χ1v) is 7.24. The van der Waals surface area contributed by atoms with Crippen LogP contribution in [0, 0.1) is 0 Å². The van der Waals surface area contributed by atoms with Crippen molar-refractivity contribution >= 4 is 28.2 Å². The molecule has 2 N–H and O–H groups in total. The molecule has 0 saturated heterocycles. The van der Waals surface area contributed by atoms with Gasteiger partial charge in [0.05, 0.1) is 0 Å². The maximum Gasteiger partial charge on any atom is 0.404 e. The van der Waals surface area contributed by atoms with E-state index in [1.54, 1.807) is 17.5 Å². The molecule has 0 fully saturated rings. The monoisotopic (exact) mass is 291 g/mol. The van der Waals surface area contributed by atoms with Crippen molar-refractivity contribution < 1.29 is 9.90 Å². The Kier molecular flexibility index (Phi) is 4.95. The van der Waals surface area contributed by atoms with E-state index in [9.17, 15) is 4.79 Å². The van der Waals surface area contributed by atoms with Crippen LogP contribution in [0.4, 0.5) is 15.6 Å². The van der Waals surface area contributed by atoms with Crippen molar-refractivity contribution in [2.24, 2.45) is 0 Å². The zero-order valence-electron chi connectivity index (χ0n) is 11.2. The van der Waals surface area contributed by atoms with Gasteiger partial charge in [0.1, 0.15) is 0 Å². The molecule has 0 spiro atoms. The molecule has 2 aromatic rings. The van der Waals surface area contributed by atoms with E-state index in [0.29, 0.717) is 6.54 Å². The lowest BCUT2D eigenvalue weighted by molar-refractivity contribution is 0.194. The summed E-state index contributed by atoms with van der Waals surface area (Å²) in [4.78, 5) is 16.7. The van der Waals surface area contributed by atoms with Crippen LogP contribution in [0.2, 0.25) is 0 Å². The average molecular weight is 291 g/mol. The number of rotatable bonds is 6. The van der Waals surface area contributed by atoms with Crippen molar-refractivity contribution in [3.05, 3.63) is 41.4 Å². The molecular weight excluding hydrogens is 274 g/mol. The minimum atomic E-state index is -0.970. The van der Waals surface area contributed by atoms with Gasteiger partial charge in [-0.1, -0.05) is 12.1 Å². The van der Waals surface area contributed by atoms with Crippen LogP contribution in [0.3, 0.4) is 0 Å². The van der Waals surface area contributed by atoms with E-state index >= 15 is 0 Å². The lowest BCUT2D eigenvalue weighted by atomic mass is 10.1. The largest absolute Gasteiger partial charge is 0.465 e. The van der Waals surface area contributed by atoms with Gasteiger partial charge >= 0.3 is 6.09 Å². The zero-order chi connectivity index (χ0) is 14.4. The lowest BCUT2D eigenvalue weighted by Gasteiger charge is -2.16. The van der Waals surface area contributed by atoms with Gasteiger partial charge < -0.3 is 15.3 Å². The van der Waals surface area contributed by atoms with Crippen LogP contribution in [-0.2, 0) is 6.42 Å². The second kappa shape index (κ2) is 6.91. The van der Waals surface area contributed by atoms with Gasteiger partial charge in [0.25, 0.3) is 0 Å².